The average Bonchev–Trinajstić information content (AvgIpc) is 3.27. The number of ether oxygens (including phenoxy) is 1. The van der Waals surface area contributed by atoms with Gasteiger partial charge in [0, 0.05) is 29.9 Å². The zero-order valence-electron chi connectivity index (χ0n) is 16.7. The second kappa shape index (κ2) is 7.40. The molecule has 1 aliphatic heterocycles. The molecule has 0 aliphatic carbocycles. The van der Waals surface area contributed by atoms with Crippen LogP contribution in [-0.2, 0) is 11.7 Å². The predicted molar refractivity (Wildman–Crippen MR) is 112 cm³/mol. The predicted octanol–water partition coefficient (Wildman–Crippen LogP) is 5.04. The Balaban J connectivity index is 1.60. The minimum Gasteiger partial charge on any atom is -0.491 e. The molecule has 3 heterocycles. The van der Waals surface area contributed by atoms with Crippen LogP contribution in [0.2, 0.25) is 0 Å². The summed E-state index contributed by atoms with van der Waals surface area (Å²) in [6, 6.07) is 15.5. The number of hydrogen-bond donors (Lipinski definition) is 2. The molecule has 5 nitrogen and oxygen atoms in total. The zero-order valence-corrected chi connectivity index (χ0v) is 16.7. The smallest absolute Gasteiger partial charge is 0.416 e. The van der Waals surface area contributed by atoms with Gasteiger partial charge in [-0.3, -0.25) is 9.78 Å². The van der Waals surface area contributed by atoms with Gasteiger partial charge in [0.05, 0.1) is 12.2 Å². The minimum absolute atomic E-state index is 0.273. The fourth-order valence-electron chi connectivity index (χ4n) is 4.13. The van der Waals surface area contributed by atoms with Gasteiger partial charge < -0.3 is 15.0 Å². The number of pyridine rings is 1. The van der Waals surface area contributed by atoms with Gasteiger partial charge in [-0.15, -0.1) is 0 Å². The van der Waals surface area contributed by atoms with Crippen molar-refractivity contribution in [1.82, 2.24) is 15.3 Å². The van der Waals surface area contributed by atoms with Gasteiger partial charge in [-0.1, -0.05) is 18.2 Å². The highest BCUT2D eigenvalue weighted by atomic mass is 19.4. The molecule has 0 saturated carbocycles. The topological polar surface area (TPSA) is 67.0 Å². The van der Waals surface area contributed by atoms with E-state index in [1.165, 1.54) is 12.1 Å². The Morgan fingerprint density at radius 2 is 1.91 bits per heavy atom. The molecule has 1 aliphatic rings. The number of halogens is 3. The molecule has 4 aromatic rings. The molecule has 0 unspecified atom stereocenters. The molecule has 32 heavy (non-hydrogen) atoms. The third kappa shape index (κ3) is 3.37. The first-order chi connectivity index (χ1) is 15.4. The van der Waals surface area contributed by atoms with Crippen molar-refractivity contribution < 1.29 is 22.7 Å². The average molecular weight is 437 g/mol. The third-order valence-electron chi connectivity index (χ3n) is 5.76. The molecule has 0 bridgehead atoms. The molecule has 0 saturated heterocycles. The number of hydrogen-bond acceptors (Lipinski definition) is 3. The maximum Gasteiger partial charge on any atom is 0.416 e. The molecule has 2 aromatic heterocycles. The van der Waals surface area contributed by atoms with Crippen molar-refractivity contribution in [3.05, 3.63) is 95.4 Å². The number of aromatic nitrogens is 2. The maximum absolute atomic E-state index is 13.3. The Hall–Kier alpha value is -3.81. The largest absolute Gasteiger partial charge is 0.491 e. The van der Waals surface area contributed by atoms with Crippen LogP contribution in [0.3, 0.4) is 0 Å². The number of nitrogens with zero attached hydrogens (tertiary/aromatic N) is 1. The number of benzene rings is 2. The van der Waals surface area contributed by atoms with Crippen LogP contribution in [0.25, 0.3) is 10.9 Å². The molecule has 8 heteroatoms. The second-order valence-electron chi connectivity index (χ2n) is 7.66. The Kier molecular flexibility index (Phi) is 4.65. The fraction of sp³-hybridized carbons (Fsp3) is 0.167. The van der Waals surface area contributed by atoms with Crippen LogP contribution in [0.4, 0.5) is 13.2 Å². The lowest BCUT2D eigenvalue weighted by Gasteiger charge is -2.39. The summed E-state index contributed by atoms with van der Waals surface area (Å²) in [5.41, 5.74) is 0.305. The molecule has 0 fully saturated rings. The van der Waals surface area contributed by atoms with Gasteiger partial charge in [0.15, 0.2) is 0 Å². The minimum atomic E-state index is -4.45. The van der Waals surface area contributed by atoms with E-state index in [2.05, 4.69) is 15.3 Å². The molecule has 1 amide bonds. The van der Waals surface area contributed by atoms with Crippen molar-refractivity contribution in [2.24, 2.45) is 0 Å². The van der Waals surface area contributed by atoms with Gasteiger partial charge in [-0.25, -0.2) is 0 Å². The van der Waals surface area contributed by atoms with Crippen molar-refractivity contribution >= 4 is 16.8 Å². The van der Waals surface area contributed by atoms with E-state index < -0.39 is 17.3 Å². The van der Waals surface area contributed by atoms with Crippen molar-refractivity contribution in [2.45, 2.75) is 18.1 Å². The molecule has 0 spiro atoms. The van der Waals surface area contributed by atoms with Crippen LogP contribution >= 0.6 is 0 Å². The number of fused-ring (bicyclic) bond motifs is 2. The number of nitrogens with one attached hydrogen (secondary N) is 2. The summed E-state index contributed by atoms with van der Waals surface area (Å²) < 4.78 is 45.1. The fourth-order valence-corrected chi connectivity index (χ4v) is 4.13. The van der Waals surface area contributed by atoms with Crippen molar-refractivity contribution in [1.29, 1.82) is 0 Å². The Morgan fingerprint density at radius 3 is 2.69 bits per heavy atom. The van der Waals surface area contributed by atoms with E-state index in [1.54, 1.807) is 36.7 Å². The molecule has 5 rings (SSSR count). The van der Waals surface area contributed by atoms with E-state index in [1.807, 2.05) is 12.1 Å². The summed E-state index contributed by atoms with van der Waals surface area (Å²) >= 11 is 0. The van der Waals surface area contributed by atoms with E-state index in [4.69, 9.17) is 4.74 Å². The highest BCUT2D eigenvalue weighted by molar-refractivity contribution is 5.98. The standard InChI is InChI=1S/C24H18F3N3O2/c25-24(26,27)18-7-5-17(6-8-18)23(10-13-32-20-2-1-11-29-21(20)23)30-22(31)16-4-3-15-9-12-28-19(15)14-16/h1-9,11-12,14,28H,10,13H2,(H,30,31)/t23-/m0/s1. The third-order valence-corrected chi connectivity index (χ3v) is 5.76. The monoisotopic (exact) mass is 437 g/mol. The lowest BCUT2D eigenvalue weighted by molar-refractivity contribution is -0.137. The lowest BCUT2D eigenvalue weighted by Crippen LogP contribution is -2.50. The highest BCUT2D eigenvalue weighted by Crippen LogP contribution is 2.41. The first-order valence-corrected chi connectivity index (χ1v) is 10.0. The SMILES string of the molecule is O=C(N[C@]1(c2ccc(C(F)(F)F)cc2)CCOc2cccnc21)c1ccc2cc[nH]c2c1. The van der Waals surface area contributed by atoms with E-state index in [-0.39, 0.29) is 12.5 Å². The van der Waals surface area contributed by atoms with Gasteiger partial charge in [-0.2, -0.15) is 13.2 Å². The van der Waals surface area contributed by atoms with Gasteiger partial charge in [0.25, 0.3) is 5.91 Å². The number of alkyl halides is 3. The van der Waals surface area contributed by atoms with Gasteiger partial charge in [0.2, 0.25) is 0 Å². The first kappa shape index (κ1) is 20.1. The molecule has 1 atom stereocenters. The van der Waals surface area contributed by atoms with Crippen molar-refractivity contribution in [3.63, 3.8) is 0 Å². The number of carbonyl (C=O) groups excluding carboxylic acids is 1. The number of rotatable bonds is 3. The highest BCUT2D eigenvalue weighted by Gasteiger charge is 2.43. The molecule has 162 valence electrons. The summed E-state index contributed by atoms with van der Waals surface area (Å²) in [4.78, 5) is 20.8. The number of amides is 1. The van der Waals surface area contributed by atoms with Crippen LogP contribution < -0.4 is 10.1 Å². The number of H-pyrrole nitrogens is 1. The first-order valence-electron chi connectivity index (χ1n) is 10.0. The number of aromatic amines is 1. The van der Waals surface area contributed by atoms with Gasteiger partial charge >= 0.3 is 6.18 Å². The van der Waals surface area contributed by atoms with Crippen molar-refractivity contribution in [2.75, 3.05) is 6.61 Å². The van der Waals surface area contributed by atoms with E-state index in [0.29, 0.717) is 29.0 Å². The second-order valence-corrected chi connectivity index (χ2v) is 7.66. The summed E-state index contributed by atoms with van der Waals surface area (Å²) in [7, 11) is 0. The van der Waals surface area contributed by atoms with Crippen LogP contribution in [0, 0.1) is 0 Å². The van der Waals surface area contributed by atoms with Crippen LogP contribution in [0.1, 0.15) is 33.6 Å². The molecule has 0 radical (unpaired) electrons. The quantitative estimate of drug-likeness (QED) is 0.472. The summed E-state index contributed by atoms with van der Waals surface area (Å²) in [6.07, 6.45) is -0.775. The molecular weight excluding hydrogens is 419 g/mol. The zero-order chi connectivity index (χ0) is 22.3. The van der Waals surface area contributed by atoms with E-state index in [9.17, 15) is 18.0 Å². The normalized spacial score (nSPS) is 18.1. The Morgan fingerprint density at radius 1 is 1.09 bits per heavy atom. The van der Waals surface area contributed by atoms with Gasteiger partial charge in [0.1, 0.15) is 17.0 Å². The maximum atomic E-state index is 13.3. The molecule has 2 N–H and O–H groups in total. The Labute approximate surface area is 181 Å². The van der Waals surface area contributed by atoms with E-state index in [0.717, 1.165) is 23.0 Å². The number of carbonyl (C=O) groups is 1. The molecular formula is C24H18F3N3O2. The Bertz CT molecular complexity index is 1300. The van der Waals surface area contributed by atoms with E-state index >= 15 is 0 Å². The summed E-state index contributed by atoms with van der Waals surface area (Å²) in [6.45, 7) is 0.273. The van der Waals surface area contributed by atoms with Gasteiger partial charge in [-0.05, 0) is 53.4 Å². The summed E-state index contributed by atoms with van der Waals surface area (Å²) in [5, 5.41) is 4.03. The van der Waals surface area contributed by atoms with Crippen LogP contribution in [0.15, 0.2) is 73.1 Å². The van der Waals surface area contributed by atoms with Crippen LogP contribution in [0.5, 0.6) is 5.75 Å². The van der Waals surface area contributed by atoms with Crippen molar-refractivity contribution in [3.8, 4) is 5.75 Å². The lowest BCUT2D eigenvalue weighted by atomic mass is 9.80. The van der Waals surface area contributed by atoms with Crippen LogP contribution in [-0.4, -0.2) is 22.5 Å². The molecule has 2 aromatic carbocycles. The summed E-state index contributed by atoms with van der Waals surface area (Å²) in [5.74, 6) is 0.124.